The van der Waals surface area contributed by atoms with Crippen molar-refractivity contribution in [2.24, 2.45) is 5.73 Å². The van der Waals surface area contributed by atoms with Gasteiger partial charge in [-0.05, 0) is 31.4 Å². The van der Waals surface area contributed by atoms with Crippen LogP contribution in [0, 0.1) is 6.92 Å². The summed E-state index contributed by atoms with van der Waals surface area (Å²) in [5.41, 5.74) is 13.7. The van der Waals surface area contributed by atoms with E-state index in [4.69, 9.17) is 11.5 Å². The standard InChI is InChI=1S/C12H18N2O/c1-3-4-5-9(13)11-8(2)6-7-10(14)12(11)15/h3,6-7,9,15H,1,4-5,13-14H2,2H3/t9-/m0/s1. The summed E-state index contributed by atoms with van der Waals surface area (Å²) in [7, 11) is 0. The van der Waals surface area contributed by atoms with Crippen LogP contribution in [0.3, 0.4) is 0 Å². The molecule has 0 saturated carbocycles. The molecule has 1 atom stereocenters. The van der Waals surface area contributed by atoms with E-state index >= 15 is 0 Å². The molecule has 1 rings (SSSR count). The van der Waals surface area contributed by atoms with Crippen molar-refractivity contribution in [2.45, 2.75) is 25.8 Å². The predicted octanol–water partition coefficient (Wildman–Crippen LogP) is 2.25. The van der Waals surface area contributed by atoms with Crippen LogP contribution < -0.4 is 11.5 Å². The first-order chi connectivity index (χ1) is 7.07. The van der Waals surface area contributed by atoms with Crippen LogP contribution in [0.5, 0.6) is 5.75 Å². The van der Waals surface area contributed by atoms with E-state index in [2.05, 4.69) is 6.58 Å². The van der Waals surface area contributed by atoms with Gasteiger partial charge >= 0.3 is 0 Å². The van der Waals surface area contributed by atoms with E-state index in [9.17, 15) is 5.11 Å². The molecule has 0 spiro atoms. The van der Waals surface area contributed by atoms with E-state index in [0.717, 1.165) is 24.0 Å². The minimum absolute atomic E-state index is 0.117. The fraction of sp³-hybridized carbons (Fsp3) is 0.333. The Labute approximate surface area is 90.4 Å². The molecule has 1 aromatic rings. The molecule has 0 aliphatic heterocycles. The van der Waals surface area contributed by atoms with Crippen LogP contribution in [0.15, 0.2) is 24.8 Å². The average molecular weight is 206 g/mol. The van der Waals surface area contributed by atoms with Gasteiger partial charge in [-0.2, -0.15) is 0 Å². The van der Waals surface area contributed by atoms with E-state index in [1.165, 1.54) is 0 Å². The van der Waals surface area contributed by atoms with Crippen molar-refractivity contribution in [2.75, 3.05) is 5.73 Å². The lowest BCUT2D eigenvalue weighted by Gasteiger charge is -2.16. The van der Waals surface area contributed by atoms with Gasteiger partial charge in [0, 0.05) is 11.6 Å². The molecule has 1 aromatic carbocycles. The van der Waals surface area contributed by atoms with Gasteiger partial charge in [0.05, 0.1) is 5.69 Å². The molecule has 0 heterocycles. The van der Waals surface area contributed by atoms with Crippen LogP contribution in [0.2, 0.25) is 0 Å². The zero-order chi connectivity index (χ0) is 11.4. The zero-order valence-electron chi connectivity index (χ0n) is 9.03. The lowest BCUT2D eigenvalue weighted by Crippen LogP contribution is -2.12. The number of allylic oxidation sites excluding steroid dienone is 1. The molecule has 0 radical (unpaired) electrons. The molecule has 3 heteroatoms. The first kappa shape index (κ1) is 11.6. The second-order valence-electron chi connectivity index (χ2n) is 3.71. The van der Waals surface area contributed by atoms with Crippen molar-refractivity contribution in [1.29, 1.82) is 0 Å². The normalized spacial score (nSPS) is 12.4. The lowest BCUT2D eigenvalue weighted by atomic mass is 9.96. The highest BCUT2D eigenvalue weighted by atomic mass is 16.3. The molecule has 0 bridgehead atoms. The van der Waals surface area contributed by atoms with E-state index in [0.29, 0.717) is 5.69 Å². The molecular formula is C12H18N2O. The van der Waals surface area contributed by atoms with Gasteiger partial charge in [-0.3, -0.25) is 0 Å². The van der Waals surface area contributed by atoms with Gasteiger partial charge < -0.3 is 16.6 Å². The quantitative estimate of drug-likeness (QED) is 0.402. The van der Waals surface area contributed by atoms with Crippen LogP contribution in [0.1, 0.15) is 30.0 Å². The summed E-state index contributed by atoms with van der Waals surface area (Å²) < 4.78 is 0. The topological polar surface area (TPSA) is 72.3 Å². The Morgan fingerprint density at radius 3 is 2.80 bits per heavy atom. The minimum atomic E-state index is -0.188. The largest absolute Gasteiger partial charge is 0.505 e. The molecule has 82 valence electrons. The number of aryl methyl sites for hydroxylation is 1. The highest BCUT2D eigenvalue weighted by Crippen LogP contribution is 2.33. The SMILES string of the molecule is C=CCC[C@H](N)c1c(C)ccc(N)c1O. The van der Waals surface area contributed by atoms with Gasteiger partial charge in [0.25, 0.3) is 0 Å². The fourth-order valence-electron chi connectivity index (χ4n) is 1.64. The number of hydrogen-bond donors (Lipinski definition) is 3. The summed E-state index contributed by atoms with van der Waals surface area (Å²) in [5, 5.41) is 9.82. The van der Waals surface area contributed by atoms with Crippen LogP contribution >= 0.6 is 0 Å². The number of rotatable bonds is 4. The minimum Gasteiger partial charge on any atom is -0.505 e. The van der Waals surface area contributed by atoms with Crippen LogP contribution in [-0.4, -0.2) is 5.11 Å². The molecule has 0 saturated heterocycles. The Hall–Kier alpha value is -1.48. The Morgan fingerprint density at radius 2 is 2.20 bits per heavy atom. The maximum absolute atomic E-state index is 9.82. The Kier molecular flexibility index (Phi) is 3.74. The average Bonchev–Trinajstić information content (AvgIpc) is 2.21. The molecule has 5 N–H and O–H groups in total. The molecule has 0 amide bonds. The number of anilines is 1. The Morgan fingerprint density at radius 1 is 1.53 bits per heavy atom. The van der Waals surface area contributed by atoms with Crippen molar-refractivity contribution in [1.82, 2.24) is 0 Å². The summed E-state index contributed by atoms with van der Waals surface area (Å²) in [4.78, 5) is 0. The third kappa shape index (κ3) is 2.50. The summed E-state index contributed by atoms with van der Waals surface area (Å²) in [6.45, 7) is 5.56. The molecule has 0 aromatic heterocycles. The van der Waals surface area contributed by atoms with Crippen LogP contribution in [0.4, 0.5) is 5.69 Å². The molecule has 0 aliphatic rings. The smallest absolute Gasteiger partial charge is 0.143 e. The lowest BCUT2D eigenvalue weighted by molar-refractivity contribution is 0.460. The Balaban J connectivity index is 3.01. The summed E-state index contributed by atoms with van der Waals surface area (Å²) in [6, 6.07) is 3.37. The zero-order valence-corrected chi connectivity index (χ0v) is 9.03. The molecule has 3 nitrogen and oxygen atoms in total. The predicted molar refractivity (Wildman–Crippen MR) is 63.6 cm³/mol. The van der Waals surface area contributed by atoms with E-state index < -0.39 is 0 Å². The maximum atomic E-state index is 9.82. The van der Waals surface area contributed by atoms with Crippen molar-refractivity contribution >= 4 is 5.69 Å². The van der Waals surface area contributed by atoms with Gasteiger partial charge in [-0.15, -0.1) is 6.58 Å². The highest BCUT2D eigenvalue weighted by Gasteiger charge is 2.14. The molecular weight excluding hydrogens is 188 g/mol. The van der Waals surface area contributed by atoms with Crippen molar-refractivity contribution in [3.63, 3.8) is 0 Å². The summed E-state index contributed by atoms with van der Waals surface area (Å²) >= 11 is 0. The van der Waals surface area contributed by atoms with Gasteiger partial charge in [0.2, 0.25) is 0 Å². The van der Waals surface area contributed by atoms with Gasteiger partial charge in [-0.25, -0.2) is 0 Å². The Bertz CT molecular complexity index is 361. The molecule has 0 unspecified atom stereocenters. The highest BCUT2D eigenvalue weighted by molar-refractivity contribution is 5.59. The molecule has 0 aliphatic carbocycles. The van der Waals surface area contributed by atoms with E-state index in [1.807, 2.05) is 19.1 Å². The number of phenolic OH excluding ortho intramolecular Hbond substituents is 1. The third-order valence-electron chi connectivity index (χ3n) is 2.52. The maximum Gasteiger partial charge on any atom is 0.143 e. The number of nitrogens with two attached hydrogens (primary N) is 2. The van der Waals surface area contributed by atoms with E-state index in [-0.39, 0.29) is 11.8 Å². The third-order valence-corrected chi connectivity index (χ3v) is 2.52. The van der Waals surface area contributed by atoms with Crippen molar-refractivity contribution in [3.05, 3.63) is 35.9 Å². The number of aromatic hydroxyl groups is 1. The van der Waals surface area contributed by atoms with Gasteiger partial charge in [0.15, 0.2) is 0 Å². The fourth-order valence-corrected chi connectivity index (χ4v) is 1.64. The van der Waals surface area contributed by atoms with Crippen LogP contribution in [-0.2, 0) is 0 Å². The summed E-state index contributed by atoms with van der Waals surface area (Å²) in [5.74, 6) is 0.117. The van der Waals surface area contributed by atoms with Crippen molar-refractivity contribution < 1.29 is 5.11 Å². The second-order valence-corrected chi connectivity index (χ2v) is 3.71. The van der Waals surface area contributed by atoms with Gasteiger partial charge in [0.1, 0.15) is 5.75 Å². The van der Waals surface area contributed by atoms with Crippen molar-refractivity contribution in [3.8, 4) is 5.75 Å². The number of benzene rings is 1. The number of phenols is 1. The van der Waals surface area contributed by atoms with E-state index in [1.54, 1.807) is 6.07 Å². The molecule has 15 heavy (non-hydrogen) atoms. The second kappa shape index (κ2) is 4.84. The first-order valence-electron chi connectivity index (χ1n) is 5.02. The first-order valence-corrected chi connectivity index (χ1v) is 5.02. The number of hydrogen-bond acceptors (Lipinski definition) is 3. The number of nitrogen functional groups attached to an aromatic ring is 1. The van der Waals surface area contributed by atoms with Crippen LogP contribution in [0.25, 0.3) is 0 Å². The molecule has 0 fully saturated rings. The summed E-state index contributed by atoms with van der Waals surface area (Å²) in [6.07, 6.45) is 3.41. The monoisotopic (exact) mass is 206 g/mol. The van der Waals surface area contributed by atoms with Gasteiger partial charge in [-0.1, -0.05) is 12.1 Å².